The van der Waals surface area contributed by atoms with Crippen molar-refractivity contribution in [1.29, 1.82) is 0 Å². The Kier molecular flexibility index (Phi) is 5.75. The standard InChI is InChI=1S/C21H22F3N3O2S/c1-13-10-18(19-12-30-20(26-19)25-11-17-4-3-9-28-17)14(2)27(13)15-5-7-16(8-6-15)29-21(22,23)24/h5-8,10,12,17H,3-4,9,11H2,1-2H3,(H,25,26). The van der Waals surface area contributed by atoms with E-state index >= 15 is 0 Å². The van der Waals surface area contributed by atoms with Gasteiger partial charge < -0.3 is 19.4 Å². The number of thiazole rings is 1. The molecule has 1 aliphatic heterocycles. The molecule has 0 amide bonds. The lowest BCUT2D eigenvalue weighted by molar-refractivity contribution is -0.274. The molecule has 0 saturated carbocycles. The molecule has 3 aromatic rings. The SMILES string of the molecule is Cc1cc(-c2csc(NCC3CCCO3)n2)c(C)n1-c1ccc(OC(F)(F)F)cc1. The molecule has 160 valence electrons. The van der Waals surface area contributed by atoms with E-state index in [4.69, 9.17) is 9.72 Å². The first kappa shape index (κ1) is 20.7. The fourth-order valence-electron chi connectivity index (χ4n) is 3.70. The zero-order valence-corrected chi connectivity index (χ0v) is 17.4. The normalized spacial score (nSPS) is 16.8. The molecule has 1 atom stereocenters. The van der Waals surface area contributed by atoms with E-state index in [1.807, 2.05) is 29.9 Å². The van der Waals surface area contributed by atoms with Crippen LogP contribution in [0.15, 0.2) is 35.7 Å². The van der Waals surface area contributed by atoms with Gasteiger partial charge in [-0.25, -0.2) is 4.98 Å². The van der Waals surface area contributed by atoms with Crippen LogP contribution in [0.2, 0.25) is 0 Å². The number of aromatic nitrogens is 2. The number of nitrogens with zero attached hydrogens (tertiary/aromatic N) is 2. The van der Waals surface area contributed by atoms with E-state index in [0.29, 0.717) is 0 Å². The Bertz CT molecular complexity index is 1010. The second-order valence-corrected chi connectivity index (χ2v) is 8.07. The lowest BCUT2D eigenvalue weighted by Crippen LogP contribution is -2.18. The first-order valence-corrected chi connectivity index (χ1v) is 10.5. The highest BCUT2D eigenvalue weighted by atomic mass is 32.1. The summed E-state index contributed by atoms with van der Waals surface area (Å²) in [4.78, 5) is 4.70. The van der Waals surface area contributed by atoms with Crippen LogP contribution in [-0.4, -0.2) is 35.2 Å². The number of ether oxygens (including phenoxy) is 2. The summed E-state index contributed by atoms with van der Waals surface area (Å²) in [5.41, 5.74) is 4.55. The highest BCUT2D eigenvalue weighted by Gasteiger charge is 2.31. The minimum absolute atomic E-state index is 0.240. The smallest absolute Gasteiger partial charge is 0.406 e. The Balaban J connectivity index is 1.52. The van der Waals surface area contributed by atoms with E-state index in [-0.39, 0.29) is 11.9 Å². The fraction of sp³-hybridized carbons (Fsp3) is 0.381. The summed E-state index contributed by atoms with van der Waals surface area (Å²) < 4.78 is 48.7. The highest BCUT2D eigenvalue weighted by molar-refractivity contribution is 7.14. The Hall–Kier alpha value is -2.52. The average Bonchev–Trinajstić information content (AvgIpc) is 3.41. The van der Waals surface area contributed by atoms with Crippen molar-refractivity contribution in [3.8, 4) is 22.7 Å². The largest absolute Gasteiger partial charge is 0.573 e. The van der Waals surface area contributed by atoms with E-state index in [2.05, 4.69) is 10.1 Å². The van der Waals surface area contributed by atoms with Gasteiger partial charge in [-0.3, -0.25) is 0 Å². The third kappa shape index (κ3) is 4.62. The van der Waals surface area contributed by atoms with Gasteiger partial charge in [-0.15, -0.1) is 24.5 Å². The zero-order chi connectivity index (χ0) is 21.3. The van der Waals surface area contributed by atoms with E-state index in [1.165, 1.54) is 12.1 Å². The van der Waals surface area contributed by atoms with Gasteiger partial charge in [0.1, 0.15) is 5.75 Å². The van der Waals surface area contributed by atoms with Gasteiger partial charge >= 0.3 is 6.36 Å². The van der Waals surface area contributed by atoms with Crippen LogP contribution in [0.1, 0.15) is 24.2 Å². The van der Waals surface area contributed by atoms with Gasteiger partial charge in [0, 0.05) is 41.2 Å². The molecule has 1 fully saturated rings. The number of nitrogens with one attached hydrogen (secondary N) is 1. The molecule has 1 aliphatic rings. The molecular formula is C21H22F3N3O2S. The fourth-order valence-corrected chi connectivity index (χ4v) is 4.42. The Morgan fingerprint density at radius 3 is 2.70 bits per heavy atom. The van der Waals surface area contributed by atoms with E-state index in [0.717, 1.165) is 59.5 Å². The minimum Gasteiger partial charge on any atom is -0.406 e. The third-order valence-corrected chi connectivity index (χ3v) is 5.84. The molecule has 9 heteroatoms. The van der Waals surface area contributed by atoms with Crippen molar-refractivity contribution in [3.05, 3.63) is 47.1 Å². The van der Waals surface area contributed by atoms with E-state index in [9.17, 15) is 13.2 Å². The van der Waals surface area contributed by atoms with Gasteiger partial charge in [0.05, 0.1) is 11.8 Å². The number of halogens is 3. The number of rotatable bonds is 6. The molecule has 0 aliphatic carbocycles. The molecule has 2 aromatic heterocycles. The summed E-state index contributed by atoms with van der Waals surface area (Å²) in [5.74, 6) is -0.240. The first-order valence-electron chi connectivity index (χ1n) is 9.66. The third-order valence-electron chi connectivity index (χ3n) is 5.04. The highest BCUT2D eigenvalue weighted by Crippen LogP contribution is 2.32. The zero-order valence-electron chi connectivity index (χ0n) is 16.6. The van der Waals surface area contributed by atoms with Crippen LogP contribution in [0.5, 0.6) is 5.75 Å². The maximum absolute atomic E-state index is 12.4. The van der Waals surface area contributed by atoms with Crippen LogP contribution < -0.4 is 10.1 Å². The molecule has 0 radical (unpaired) electrons. The topological polar surface area (TPSA) is 48.3 Å². The van der Waals surface area contributed by atoms with Gasteiger partial charge in [0.15, 0.2) is 5.13 Å². The lowest BCUT2D eigenvalue weighted by Gasteiger charge is -2.12. The maximum atomic E-state index is 12.4. The Morgan fingerprint density at radius 1 is 1.27 bits per heavy atom. The molecule has 0 spiro atoms. The van der Waals surface area contributed by atoms with E-state index in [1.54, 1.807) is 23.5 Å². The molecule has 3 heterocycles. The number of benzene rings is 1. The predicted molar refractivity (Wildman–Crippen MR) is 110 cm³/mol. The predicted octanol–water partition coefficient (Wildman–Crippen LogP) is 5.71. The van der Waals surface area contributed by atoms with Gasteiger partial charge in [0.25, 0.3) is 0 Å². The van der Waals surface area contributed by atoms with Gasteiger partial charge in [-0.1, -0.05) is 0 Å². The van der Waals surface area contributed by atoms with Crippen molar-refractivity contribution in [1.82, 2.24) is 9.55 Å². The van der Waals surface area contributed by atoms with Crippen LogP contribution in [0.3, 0.4) is 0 Å². The summed E-state index contributed by atoms with van der Waals surface area (Å²) in [6, 6.07) is 7.89. The quantitative estimate of drug-likeness (QED) is 0.537. The second kappa shape index (κ2) is 8.31. The van der Waals surface area contributed by atoms with Crippen LogP contribution in [0.4, 0.5) is 18.3 Å². The molecule has 4 rings (SSSR count). The number of anilines is 1. The Morgan fingerprint density at radius 2 is 2.03 bits per heavy atom. The number of hydrogen-bond donors (Lipinski definition) is 1. The number of aryl methyl sites for hydroxylation is 1. The summed E-state index contributed by atoms with van der Waals surface area (Å²) in [5, 5.41) is 6.19. The second-order valence-electron chi connectivity index (χ2n) is 7.22. The van der Waals surface area contributed by atoms with Gasteiger partial charge in [0.2, 0.25) is 0 Å². The Labute approximate surface area is 176 Å². The minimum atomic E-state index is -4.70. The van der Waals surface area contributed by atoms with Crippen LogP contribution in [-0.2, 0) is 4.74 Å². The number of hydrogen-bond acceptors (Lipinski definition) is 5. The first-order chi connectivity index (χ1) is 14.3. The summed E-state index contributed by atoms with van der Waals surface area (Å²) >= 11 is 1.54. The molecule has 0 bridgehead atoms. The molecule has 1 saturated heterocycles. The molecule has 5 nitrogen and oxygen atoms in total. The van der Waals surface area contributed by atoms with Crippen LogP contribution in [0, 0.1) is 13.8 Å². The molecular weight excluding hydrogens is 415 g/mol. The van der Waals surface area contributed by atoms with Crippen LogP contribution in [0.25, 0.3) is 16.9 Å². The molecule has 1 N–H and O–H groups in total. The number of alkyl halides is 3. The van der Waals surface area contributed by atoms with Crippen molar-refractivity contribution in [2.24, 2.45) is 0 Å². The van der Waals surface area contributed by atoms with Crippen molar-refractivity contribution < 1.29 is 22.6 Å². The van der Waals surface area contributed by atoms with Crippen molar-refractivity contribution in [2.75, 3.05) is 18.5 Å². The maximum Gasteiger partial charge on any atom is 0.573 e. The van der Waals surface area contributed by atoms with Crippen molar-refractivity contribution in [3.63, 3.8) is 0 Å². The monoisotopic (exact) mass is 437 g/mol. The van der Waals surface area contributed by atoms with Gasteiger partial charge in [-0.2, -0.15) is 0 Å². The average molecular weight is 437 g/mol. The summed E-state index contributed by atoms with van der Waals surface area (Å²) in [7, 11) is 0. The van der Waals surface area contributed by atoms with Crippen LogP contribution >= 0.6 is 11.3 Å². The summed E-state index contributed by atoms with van der Waals surface area (Å²) in [6.07, 6.45) is -2.29. The molecule has 1 aromatic carbocycles. The van der Waals surface area contributed by atoms with E-state index < -0.39 is 6.36 Å². The molecule has 1 unspecified atom stereocenters. The summed E-state index contributed by atoms with van der Waals surface area (Å²) in [6.45, 7) is 5.50. The lowest BCUT2D eigenvalue weighted by atomic mass is 10.2. The molecule has 30 heavy (non-hydrogen) atoms. The van der Waals surface area contributed by atoms with Crippen molar-refractivity contribution in [2.45, 2.75) is 39.2 Å². The van der Waals surface area contributed by atoms with Gasteiger partial charge in [-0.05, 0) is 57.0 Å². The van der Waals surface area contributed by atoms with Crippen molar-refractivity contribution >= 4 is 16.5 Å².